The molecule has 18 heavy (non-hydrogen) atoms. The highest BCUT2D eigenvalue weighted by Gasteiger charge is 2.40. The number of nitrogens with zero attached hydrogens (tertiary/aromatic N) is 3. The predicted molar refractivity (Wildman–Crippen MR) is 70.2 cm³/mol. The third kappa shape index (κ3) is 1.99. The van der Waals surface area contributed by atoms with Crippen LogP contribution >= 0.6 is 0 Å². The molecule has 2 atom stereocenters. The molecule has 0 N–H and O–H groups in total. The van der Waals surface area contributed by atoms with Crippen molar-refractivity contribution < 1.29 is 4.39 Å². The van der Waals surface area contributed by atoms with Gasteiger partial charge < -0.3 is 4.90 Å². The van der Waals surface area contributed by atoms with Gasteiger partial charge >= 0.3 is 0 Å². The molecule has 2 saturated heterocycles. The van der Waals surface area contributed by atoms with Crippen molar-refractivity contribution in [3.63, 3.8) is 0 Å². The number of aromatic nitrogens is 1. The molecule has 1 aromatic heterocycles. The van der Waals surface area contributed by atoms with Gasteiger partial charge in [-0.3, -0.25) is 4.90 Å². The Kier molecular flexibility index (Phi) is 2.98. The van der Waals surface area contributed by atoms with Crippen LogP contribution in [0.3, 0.4) is 0 Å². The van der Waals surface area contributed by atoms with E-state index in [0.717, 1.165) is 18.8 Å². The van der Waals surface area contributed by atoms with E-state index in [1.54, 1.807) is 12.3 Å². The molecule has 1 aromatic rings. The summed E-state index contributed by atoms with van der Waals surface area (Å²) in [5.41, 5.74) is 0.999. The lowest BCUT2D eigenvalue weighted by Crippen LogP contribution is -2.55. The molecule has 2 aliphatic heterocycles. The quantitative estimate of drug-likeness (QED) is 0.750. The van der Waals surface area contributed by atoms with Crippen LogP contribution in [0.5, 0.6) is 0 Å². The maximum absolute atomic E-state index is 13.3. The number of halogens is 1. The lowest BCUT2D eigenvalue weighted by atomic mass is 10.1. The molecular formula is C14H20FN3. The molecule has 2 fully saturated rings. The van der Waals surface area contributed by atoms with Crippen LogP contribution in [0.2, 0.25) is 0 Å². The fraction of sp³-hybridized carbons (Fsp3) is 0.643. The van der Waals surface area contributed by atoms with Crippen molar-refractivity contribution in [2.75, 3.05) is 18.0 Å². The van der Waals surface area contributed by atoms with Gasteiger partial charge in [0.1, 0.15) is 0 Å². The first kappa shape index (κ1) is 11.9. The topological polar surface area (TPSA) is 19.4 Å². The number of pyridine rings is 1. The smallest absolute Gasteiger partial charge is 0.214 e. The van der Waals surface area contributed by atoms with Crippen LogP contribution in [0.1, 0.15) is 26.7 Å². The first-order valence-electron chi connectivity index (χ1n) is 6.79. The van der Waals surface area contributed by atoms with Gasteiger partial charge in [-0.05, 0) is 32.8 Å². The zero-order chi connectivity index (χ0) is 12.7. The monoisotopic (exact) mass is 249 g/mol. The maximum atomic E-state index is 13.3. The minimum Gasteiger partial charge on any atom is -0.363 e. The third-order valence-electron chi connectivity index (χ3n) is 4.25. The number of hydrogen-bond acceptors (Lipinski definition) is 3. The van der Waals surface area contributed by atoms with Crippen LogP contribution in [-0.4, -0.2) is 41.1 Å². The lowest BCUT2D eigenvalue weighted by Gasteiger charge is -2.44. The molecule has 0 saturated carbocycles. The van der Waals surface area contributed by atoms with Gasteiger partial charge in [-0.25, -0.2) is 4.98 Å². The average Bonchev–Trinajstić information content (AvgIpc) is 2.59. The minimum absolute atomic E-state index is 0.377. The summed E-state index contributed by atoms with van der Waals surface area (Å²) in [6.07, 6.45) is 4.01. The van der Waals surface area contributed by atoms with Crippen LogP contribution in [-0.2, 0) is 0 Å². The molecular weight excluding hydrogens is 229 g/mol. The summed E-state index contributed by atoms with van der Waals surface area (Å²) < 4.78 is 13.3. The minimum atomic E-state index is -0.377. The van der Waals surface area contributed by atoms with E-state index in [1.165, 1.54) is 12.8 Å². The van der Waals surface area contributed by atoms with E-state index in [0.29, 0.717) is 18.1 Å². The Morgan fingerprint density at radius 2 is 1.94 bits per heavy atom. The van der Waals surface area contributed by atoms with Crippen molar-refractivity contribution in [1.29, 1.82) is 0 Å². The Balaban J connectivity index is 1.84. The molecule has 0 aliphatic carbocycles. The summed E-state index contributed by atoms with van der Waals surface area (Å²) in [6.45, 7) is 6.69. The highest BCUT2D eigenvalue weighted by Crippen LogP contribution is 2.35. The number of rotatable bonds is 2. The normalized spacial score (nSPS) is 28.1. The lowest BCUT2D eigenvalue weighted by molar-refractivity contribution is 0.177. The van der Waals surface area contributed by atoms with Crippen LogP contribution in [0.15, 0.2) is 18.3 Å². The highest BCUT2D eigenvalue weighted by molar-refractivity contribution is 5.49. The van der Waals surface area contributed by atoms with Gasteiger partial charge in [-0.1, -0.05) is 0 Å². The van der Waals surface area contributed by atoms with Crippen molar-refractivity contribution in [2.45, 2.75) is 44.8 Å². The Morgan fingerprint density at radius 1 is 1.28 bits per heavy atom. The van der Waals surface area contributed by atoms with Gasteiger partial charge in [0.25, 0.3) is 0 Å². The molecule has 2 aliphatic rings. The van der Waals surface area contributed by atoms with E-state index in [2.05, 4.69) is 28.6 Å². The molecule has 4 heteroatoms. The molecule has 3 rings (SSSR count). The average molecular weight is 249 g/mol. The molecule has 0 amide bonds. The van der Waals surface area contributed by atoms with Gasteiger partial charge in [-0.2, -0.15) is 4.39 Å². The second-order valence-corrected chi connectivity index (χ2v) is 5.68. The van der Waals surface area contributed by atoms with E-state index >= 15 is 0 Å². The van der Waals surface area contributed by atoms with Crippen LogP contribution < -0.4 is 4.90 Å². The zero-order valence-corrected chi connectivity index (χ0v) is 11.0. The number of piperazine rings is 1. The van der Waals surface area contributed by atoms with Crippen LogP contribution in [0.4, 0.5) is 10.1 Å². The molecule has 0 radical (unpaired) electrons. The van der Waals surface area contributed by atoms with E-state index in [1.807, 2.05) is 6.07 Å². The maximum Gasteiger partial charge on any atom is 0.214 e. The first-order valence-corrected chi connectivity index (χ1v) is 6.79. The van der Waals surface area contributed by atoms with E-state index in [9.17, 15) is 4.39 Å². The Bertz CT molecular complexity index is 421. The van der Waals surface area contributed by atoms with Crippen molar-refractivity contribution in [1.82, 2.24) is 9.88 Å². The van der Waals surface area contributed by atoms with Gasteiger partial charge in [0, 0.05) is 49.2 Å². The molecule has 3 heterocycles. The van der Waals surface area contributed by atoms with E-state index in [-0.39, 0.29) is 5.95 Å². The Hall–Kier alpha value is -1.16. The second kappa shape index (κ2) is 4.50. The summed E-state index contributed by atoms with van der Waals surface area (Å²) in [5.74, 6) is -0.377. The Labute approximate surface area is 108 Å². The van der Waals surface area contributed by atoms with Crippen LogP contribution in [0.25, 0.3) is 0 Å². The molecule has 98 valence electrons. The number of likely N-dealkylation sites (tertiary alicyclic amines) is 1. The standard InChI is InChI=1S/C14H20FN3/c1-10(2)17-8-12-3-4-13(9-17)18(12)11-5-6-16-14(15)7-11/h5-7,10,12-13H,3-4,8-9H2,1-2H3. The largest absolute Gasteiger partial charge is 0.363 e. The number of anilines is 1. The predicted octanol–water partition coefficient (Wildman–Crippen LogP) is 2.28. The van der Waals surface area contributed by atoms with Crippen molar-refractivity contribution in [3.8, 4) is 0 Å². The molecule has 2 unspecified atom stereocenters. The molecule has 3 nitrogen and oxygen atoms in total. The van der Waals surface area contributed by atoms with Crippen LogP contribution in [0, 0.1) is 5.95 Å². The summed E-state index contributed by atoms with van der Waals surface area (Å²) in [5, 5.41) is 0. The van der Waals surface area contributed by atoms with E-state index < -0.39 is 0 Å². The van der Waals surface area contributed by atoms with Gasteiger partial charge in [0.05, 0.1) is 0 Å². The number of hydrogen-bond donors (Lipinski definition) is 0. The molecule has 0 spiro atoms. The van der Waals surface area contributed by atoms with E-state index in [4.69, 9.17) is 0 Å². The summed E-state index contributed by atoms with van der Waals surface area (Å²) in [4.78, 5) is 8.59. The first-order chi connectivity index (χ1) is 8.65. The fourth-order valence-electron chi connectivity index (χ4n) is 3.33. The van der Waals surface area contributed by atoms with Gasteiger partial charge in [0.15, 0.2) is 0 Å². The van der Waals surface area contributed by atoms with Gasteiger partial charge in [0.2, 0.25) is 5.95 Å². The van der Waals surface area contributed by atoms with Gasteiger partial charge in [-0.15, -0.1) is 0 Å². The Morgan fingerprint density at radius 3 is 2.50 bits per heavy atom. The molecule has 0 aromatic carbocycles. The van der Waals surface area contributed by atoms with Crippen molar-refractivity contribution in [3.05, 3.63) is 24.3 Å². The zero-order valence-electron chi connectivity index (χ0n) is 11.0. The summed E-state index contributed by atoms with van der Waals surface area (Å²) >= 11 is 0. The SMILES string of the molecule is CC(C)N1CC2CCC(C1)N2c1ccnc(F)c1. The molecule has 2 bridgehead atoms. The summed E-state index contributed by atoms with van der Waals surface area (Å²) in [7, 11) is 0. The third-order valence-corrected chi connectivity index (χ3v) is 4.25. The second-order valence-electron chi connectivity index (χ2n) is 5.68. The highest BCUT2D eigenvalue weighted by atomic mass is 19.1. The fourth-order valence-corrected chi connectivity index (χ4v) is 3.33. The van der Waals surface area contributed by atoms with Crippen molar-refractivity contribution >= 4 is 5.69 Å². The number of fused-ring (bicyclic) bond motifs is 2. The van der Waals surface area contributed by atoms with Crippen molar-refractivity contribution in [2.24, 2.45) is 0 Å². The summed E-state index contributed by atoms with van der Waals surface area (Å²) in [6, 6.07) is 5.17.